The van der Waals surface area contributed by atoms with Gasteiger partial charge < -0.3 is 15.6 Å². The molecule has 1 saturated carbocycles. The van der Waals surface area contributed by atoms with E-state index in [1.165, 1.54) is 0 Å². The molecular weight excluding hydrogens is 216 g/mol. The van der Waals surface area contributed by atoms with Gasteiger partial charge >= 0.3 is 0 Å². The van der Waals surface area contributed by atoms with E-state index in [1.54, 1.807) is 6.20 Å². The quantitative estimate of drug-likeness (QED) is 0.760. The van der Waals surface area contributed by atoms with E-state index in [2.05, 4.69) is 24.1 Å². The van der Waals surface area contributed by atoms with E-state index in [4.69, 9.17) is 5.73 Å². The van der Waals surface area contributed by atoms with Crippen LogP contribution in [0.2, 0.25) is 0 Å². The van der Waals surface area contributed by atoms with Crippen LogP contribution < -0.4 is 11.1 Å². The van der Waals surface area contributed by atoms with Crippen LogP contribution in [0.3, 0.4) is 0 Å². The summed E-state index contributed by atoms with van der Waals surface area (Å²) < 4.78 is 2.01. The number of rotatable bonds is 6. The van der Waals surface area contributed by atoms with Gasteiger partial charge in [-0.15, -0.1) is 0 Å². The first-order valence-corrected chi connectivity index (χ1v) is 6.14. The van der Waals surface area contributed by atoms with Gasteiger partial charge in [0.05, 0.1) is 0 Å². The summed E-state index contributed by atoms with van der Waals surface area (Å²) in [5.41, 5.74) is 5.42. The van der Waals surface area contributed by atoms with E-state index in [0.29, 0.717) is 18.5 Å². The SMILES string of the molecule is CC(C)c1nccn1CC(NC1CC1)C(N)=O. The summed E-state index contributed by atoms with van der Waals surface area (Å²) in [6.45, 7) is 4.75. The third-order valence-electron chi connectivity index (χ3n) is 3.00. The molecule has 17 heavy (non-hydrogen) atoms. The van der Waals surface area contributed by atoms with Crippen molar-refractivity contribution in [2.45, 2.75) is 51.2 Å². The number of nitrogens with zero attached hydrogens (tertiary/aromatic N) is 2. The maximum Gasteiger partial charge on any atom is 0.236 e. The Morgan fingerprint density at radius 2 is 2.35 bits per heavy atom. The maximum absolute atomic E-state index is 11.4. The van der Waals surface area contributed by atoms with Crippen molar-refractivity contribution in [2.24, 2.45) is 5.73 Å². The molecular formula is C12H20N4O. The molecule has 1 heterocycles. The predicted octanol–water partition coefficient (Wildman–Crippen LogP) is 0.612. The lowest BCUT2D eigenvalue weighted by atomic mass is 10.2. The summed E-state index contributed by atoms with van der Waals surface area (Å²) >= 11 is 0. The van der Waals surface area contributed by atoms with E-state index in [1.807, 2.05) is 10.8 Å². The fourth-order valence-corrected chi connectivity index (χ4v) is 1.93. The van der Waals surface area contributed by atoms with Crippen molar-refractivity contribution in [2.75, 3.05) is 0 Å². The smallest absolute Gasteiger partial charge is 0.236 e. The van der Waals surface area contributed by atoms with Gasteiger partial charge in [-0.3, -0.25) is 4.79 Å². The summed E-state index contributed by atoms with van der Waals surface area (Å²) in [4.78, 5) is 15.7. The van der Waals surface area contributed by atoms with E-state index in [0.717, 1.165) is 18.7 Å². The third-order valence-corrected chi connectivity index (χ3v) is 3.00. The zero-order chi connectivity index (χ0) is 12.4. The molecule has 5 heteroatoms. The van der Waals surface area contributed by atoms with Crippen molar-refractivity contribution in [3.05, 3.63) is 18.2 Å². The molecule has 1 aromatic rings. The molecule has 0 aromatic carbocycles. The normalized spacial score (nSPS) is 17.4. The fraction of sp³-hybridized carbons (Fsp3) is 0.667. The van der Waals surface area contributed by atoms with Crippen molar-refractivity contribution in [3.63, 3.8) is 0 Å². The number of hydrogen-bond acceptors (Lipinski definition) is 3. The first kappa shape index (κ1) is 12.1. The molecule has 1 aliphatic carbocycles. The second-order valence-electron chi connectivity index (χ2n) is 4.99. The van der Waals surface area contributed by atoms with Gasteiger partial charge in [-0.1, -0.05) is 13.8 Å². The van der Waals surface area contributed by atoms with Crippen LogP contribution in [0.4, 0.5) is 0 Å². The summed E-state index contributed by atoms with van der Waals surface area (Å²) in [5.74, 6) is 1.05. The molecule has 0 saturated heterocycles. The number of carbonyl (C=O) groups excluding carboxylic acids is 1. The molecule has 1 unspecified atom stereocenters. The lowest BCUT2D eigenvalue weighted by molar-refractivity contribution is -0.120. The zero-order valence-corrected chi connectivity index (χ0v) is 10.4. The number of nitrogens with one attached hydrogen (secondary N) is 1. The monoisotopic (exact) mass is 236 g/mol. The third kappa shape index (κ3) is 3.06. The summed E-state index contributed by atoms with van der Waals surface area (Å²) in [6, 6.07) is 0.174. The molecule has 1 aromatic heterocycles. The Hall–Kier alpha value is -1.36. The van der Waals surface area contributed by atoms with Crippen LogP contribution in [0.15, 0.2) is 12.4 Å². The summed E-state index contributed by atoms with van der Waals surface area (Å²) in [6.07, 6.45) is 5.96. The maximum atomic E-state index is 11.4. The molecule has 0 bridgehead atoms. The molecule has 1 fully saturated rings. The molecule has 0 spiro atoms. The van der Waals surface area contributed by atoms with Crippen LogP contribution in [-0.2, 0) is 11.3 Å². The van der Waals surface area contributed by atoms with E-state index >= 15 is 0 Å². The molecule has 1 aliphatic rings. The average molecular weight is 236 g/mol. The minimum absolute atomic E-state index is 0.291. The van der Waals surface area contributed by atoms with Crippen molar-refractivity contribution in [1.82, 2.24) is 14.9 Å². The van der Waals surface area contributed by atoms with E-state index in [9.17, 15) is 4.79 Å². The average Bonchev–Trinajstić information content (AvgIpc) is 2.93. The molecule has 5 nitrogen and oxygen atoms in total. The van der Waals surface area contributed by atoms with Gasteiger partial charge in [0.15, 0.2) is 0 Å². The number of aromatic nitrogens is 2. The second-order valence-corrected chi connectivity index (χ2v) is 4.99. The molecule has 2 rings (SSSR count). The zero-order valence-electron chi connectivity index (χ0n) is 10.4. The lowest BCUT2D eigenvalue weighted by Gasteiger charge is -2.18. The highest BCUT2D eigenvalue weighted by atomic mass is 16.1. The number of primary amides is 1. The Morgan fingerprint density at radius 1 is 1.65 bits per heavy atom. The van der Waals surface area contributed by atoms with Crippen LogP contribution in [0, 0.1) is 0 Å². The first-order valence-electron chi connectivity index (χ1n) is 6.14. The standard InChI is InChI=1S/C12H20N4O/c1-8(2)12-14-5-6-16(12)7-10(11(13)17)15-9-3-4-9/h5-6,8-10,15H,3-4,7H2,1-2H3,(H2,13,17). The molecule has 0 aliphatic heterocycles. The molecule has 3 N–H and O–H groups in total. The van der Waals surface area contributed by atoms with Crippen LogP contribution >= 0.6 is 0 Å². The Bertz CT molecular complexity index is 395. The molecule has 94 valence electrons. The van der Waals surface area contributed by atoms with Gasteiger partial charge in [0.25, 0.3) is 0 Å². The van der Waals surface area contributed by atoms with Crippen molar-refractivity contribution >= 4 is 5.91 Å². The van der Waals surface area contributed by atoms with E-state index < -0.39 is 0 Å². The summed E-state index contributed by atoms with van der Waals surface area (Å²) in [7, 11) is 0. The van der Waals surface area contributed by atoms with E-state index in [-0.39, 0.29) is 11.9 Å². The van der Waals surface area contributed by atoms with Crippen molar-refractivity contribution in [3.8, 4) is 0 Å². The number of imidazole rings is 1. The van der Waals surface area contributed by atoms with Crippen LogP contribution in [0.25, 0.3) is 0 Å². The Kier molecular flexibility index (Phi) is 3.47. The predicted molar refractivity (Wildman–Crippen MR) is 65.5 cm³/mol. The minimum atomic E-state index is -0.297. The van der Waals surface area contributed by atoms with Gasteiger partial charge in [-0.05, 0) is 12.8 Å². The van der Waals surface area contributed by atoms with Crippen LogP contribution in [-0.4, -0.2) is 27.5 Å². The number of hydrogen-bond donors (Lipinski definition) is 2. The highest BCUT2D eigenvalue weighted by Gasteiger charge is 2.27. The Morgan fingerprint density at radius 3 is 2.88 bits per heavy atom. The molecule has 1 amide bonds. The van der Waals surface area contributed by atoms with Crippen molar-refractivity contribution < 1.29 is 4.79 Å². The largest absolute Gasteiger partial charge is 0.368 e. The van der Waals surface area contributed by atoms with Gasteiger partial charge in [0.1, 0.15) is 11.9 Å². The lowest BCUT2D eigenvalue weighted by Crippen LogP contribution is -2.45. The van der Waals surface area contributed by atoms with Crippen LogP contribution in [0.5, 0.6) is 0 Å². The number of carbonyl (C=O) groups is 1. The van der Waals surface area contributed by atoms with Gasteiger partial charge in [-0.25, -0.2) is 4.98 Å². The molecule has 1 atom stereocenters. The second kappa shape index (κ2) is 4.87. The number of amides is 1. The van der Waals surface area contributed by atoms with Gasteiger partial charge in [-0.2, -0.15) is 0 Å². The van der Waals surface area contributed by atoms with Gasteiger partial charge in [0, 0.05) is 30.9 Å². The topological polar surface area (TPSA) is 72.9 Å². The first-order chi connectivity index (χ1) is 8.08. The Labute approximate surface area is 101 Å². The summed E-state index contributed by atoms with van der Waals surface area (Å²) in [5, 5.41) is 3.27. The molecule has 0 radical (unpaired) electrons. The minimum Gasteiger partial charge on any atom is -0.368 e. The highest BCUT2D eigenvalue weighted by Crippen LogP contribution is 2.20. The fourth-order valence-electron chi connectivity index (χ4n) is 1.93. The van der Waals surface area contributed by atoms with Crippen molar-refractivity contribution in [1.29, 1.82) is 0 Å². The Balaban J connectivity index is 2.05. The highest BCUT2D eigenvalue weighted by molar-refractivity contribution is 5.79. The van der Waals surface area contributed by atoms with Gasteiger partial charge in [0.2, 0.25) is 5.91 Å². The number of nitrogens with two attached hydrogens (primary N) is 1. The van der Waals surface area contributed by atoms with Crippen LogP contribution in [0.1, 0.15) is 38.4 Å².